The quantitative estimate of drug-likeness (QED) is 0.139. The van der Waals surface area contributed by atoms with E-state index in [4.69, 9.17) is 4.74 Å². The van der Waals surface area contributed by atoms with Crippen LogP contribution in [0.25, 0.3) is 0 Å². The van der Waals surface area contributed by atoms with Crippen molar-refractivity contribution in [3.63, 3.8) is 0 Å². The van der Waals surface area contributed by atoms with E-state index in [2.05, 4.69) is 4.90 Å². The van der Waals surface area contributed by atoms with Crippen LogP contribution in [0.5, 0.6) is 5.75 Å². The zero-order chi connectivity index (χ0) is 28.9. The number of para-hydroxylation sites is 1. The maximum atomic E-state index is 14.3. The van der Waals surface area contributed by atoms with Gasteiger partial charge in [-0.15, -0.1) is 0 Å². The van der Waals surface area contributed by atoms with Crippen LogP contribution in [0, 0.1) is 10.1 Å². The maximum absolute atomic E-state index is 14.3. The van der Waals surface area contributed by atoms with Crippen LogP contribution < -0.4 is 9.64 Å². The summed E-state index contributed by atoms with van der Waals surface area (Å²) in [6.07, 6.45) is -0.543. The molecule has 5 aromatic rings. The van der Waals surface area contributed by atoms with Crippen molar-refractivity contribution in [1.82, 2.24) is 4.90 Å². The van der Waals surface area contributed by atoms with Crippen molar-refractivity contribution in [3.05, 3.63) is 171 Å². The van der Waals surface area contributed by atoms with Crippen molar-refractivity contribution in [3.8, 4) is 5.75 Å². The second-order valence-corrected chi connectivity index (χ2v) is 10.2. The van der Waals surface area contributed by atoms with Crippen molar-refractivity contribution < 1.29 is 14.5 Å². The van der Waals surface area contributed by atoms with Crippen LogP contribution in [0.4, 0.5) is 11.4 Å². The van der Waals surface area contributed by atoms with Gasteiger partial charge < -0.3 is 14.5 Å². The fourth-order valence-corrected chi connectivity index (χ4v) is 5.41. The number of amides is 1. The number of hydrogen-bond acceptors (Lipinski definition) is 5. The lowest BCUT2D eigenvalue weighted by Crippen LogP contribution is -2.49. The summed E-state index contributed by atoms with van der Waals surface area (Å²) in [7, 11) is 0. The van der Waals surface area contributed by atoms with Gasteiger partial charge in [0.15, 0.2) is 0 Å². The first-order valence-electron chi connectivity index (χ1n) is 13.8. The molecule has 0 saturated carbocycles. The van der Waals surface area contributed by atoms with Crippen molar-refractivity contribution in [2.45, 2.75) is 25.9 Å². The molecule has 1 aliphatic heterocycles. The standard InChI is InChI=1S/C35H29N3O4/c39-35-31-22-29(38(40)41)20-21-32(31)36(23-26-12-4-1-5-13-26)34(37(35)24-27-14-6-2-7-15-27)30-18-10-11-19-33(30)42-25-28-16-8-3-9-17-28/h1-22,34H,23-25H2/t34-/m0/s1. The molecule has 1 heterocycles. The molecule has 0 fully saturated rings. The Labute approximate surface area is 244 Å². The molecule has 7 heteroatoms. The minimum absolute atomic E-state index is 0.119. The molecule has 0 radical (unpaired) electrons. The van der Waals surface area contributed by atoms with E-state index in [1.54, 1.807) is 11.0 Å². The number of non-ortho nitro benzene ring substituents is 1. The van der Waals surface area contributed by atoms with Gasteiger partial charge in [0.25, 0.3) is 11.6 Å². The summed E-state index contributed by atoms with van der Waals surface area (Å²) < 4.78 is 6.39. The Balaban J connectivity index is 1.50. The van der Waals surface area contributed by atoms with Crippen molar-refractivity contribution in [2.24, 2.45) is 0 Å². The third-order valence-corrected chi connectivity index (χ3v) is 7.41. The van der Waals surface area contributed by atoms with Gasteiger partial charge in [-0.2, -0.15) is 0 Å². The Bertz CT molecular complexity index is 1690. The zero-order valence-corrected chi connectivity index (χ0v) is 22.9. The molecule has 0 aliphatic carbocycles. The number of benzene rings is 5. The number of ether oxygens (including phenoxy) is 1. The first kappa shape index (κ1) is 26.8. The van der Waals surface area contributed by atoms with E-state index in [-0.39, 0.29) is 11.6 Å². The Morgan fingerprint density at radius 2 is 1.21 bits per heavy atom. The topological polar surface area (TPSA) is 75.9 Å². The van der Waals surface area contributed by atoms with Gasteiger partial charge in [-0.05, 0) is 28.8 Å². The Morgan fingerprint density at radius 1 is 0.667 bits per heavy atom. The minimum atomic E-state index is -0.543. The molecule has 0 spiro atoms. The normalized spacial score (nSPS) is 14.4. The van der Waals surface area contributed by atoms with Crippen LogP contribution in [-0.4, -0.2) is 15.7 Å². The fourth-order valence-electron chi connectivity index (χ4n) is 5.41. The van der Waals surface area contributed by atoms with Gasteiger partial charge in [0.2, 0.25) is 0 Å². The highest BCUT2D eigenvalue weighted by Crippen LogP contribution is 2.44. The third kappa shape index (κ3) is 5.58. The summed E-state index contributed by atoms with van der Waals surface area (Å²) in [5.41, 5.74) is 4.68. The summed E-state index contributed by atoms with van der Waals surface area (Å²) in [4.78, 5) is 29.5. The summed E-state index contributed by atoms with van der Waals surface area (Å²) in [6.45, 7) is 1.16. The molecule has 1 atom stereocenters. The number of anilines is 1. The SMILES string of the molecule is O=C1c2cc([N+](=O)[O-])ccc2N(Cc2ccccc2)[C@H](c2ccccc2OCc2ccccc2)N1Cc1ccccc1. The van der Waals surface area contributed by atoms with Crippen LogP contribution in [-0.2, 0) is 19.7 Å². The number of carbonyl (C=O) groups excluding carboxylic acids is 1. The smallest absolute Gasteiger partial charge is 0.270 e. The van der Waals surface area contributed by atoms with Gasteiger partial charge in [0.05, 0.1) is 16.2 Å². The first-order valence-corrected chi connectivity index (χ1v) is 13.8. The number of nitro groups is 1. The molecule has 1 amide bonds. The van der Waals surface area contributed by atoms with Crippen LogP contribution in [0.1, 0.15) is 38.8 Å². The lowest BCUT2D eigenvalue weighted by molar-refractivity contribution is -0.384. The molecule has 7 nitrogen and oxygen atoms in total. The van der Waals surface area contributed by atoms with Crippen molar-refractivity contribution in [1.29, 1.82) is 0 Å². The molecule has 0 aromatic heterocycles. The molecule has 5 aromatic carbocycles. The number of nitro benzene ring substituents is 1. The average molecular weight is 556 g/mol. The molecule has 208 valence electrons. The predicted octanol–water partition coefficient (Wildman–Crippen LogP) is 7.54. The highest BCUT2D eigenvalue weighted by atomic mass is 16.6. The second kappa shape index (κ2) is 12.0. The average Bonchev–Trinajstić information content (AvgIpc) is 3.04. The van der Waals surface area contributed by atoms with Crippen LogP contribution >= 0.6 is 0 Å². The largest absolute Gasteiger partial charge is 0.488 e. The summed E-state index contributed by atoms with van der Waals surface area (Å²) in [5.74, 6) is 0.394. The van der Waals surface area contributed by atoms with Gasteiger partial charge >= 0.3 is 0 Å². The molecular formula is C35H29N3O4. The number of rotatable bonds is 9. The number of carbonyl (C=O) groups is 1. The van der Waals surface area contributed by atoms with Crippen LogP contribution in [0.15, 0.2) is 133 Å². The van der Waals surface area contributed by atoms with E-state index >= 15 is 0 Å². The maximum Gasteiger partial charge on any atom is 0.270 e. The molecule has 0 bridgehead atoms. The van der Waals surface area contributed by atoms with E-state index < -0.39 is 11.1 Å². The van der Waals surface area contributed by atoms with Gasteiger partial charge in [0.1, 0.15) is 18.5 Å². The number of hydrogen-bond donors (Lipinski definition) is 0. The van der Waals surface area contributed by atoms with E-state index in [9.17, 15) is 14.9 Å². The second-order valence-electron chi connectivity index (χ2n) is 10.2. The molecule has 42 heavy (non-hydrogen) atoms. The highest BCUT2D eigenvalue weighted by molar-refractivity contribution is 6.02. The van der Waals surface area contributed by atoms with Gasteiger partial charge in [0, 0.05) is 30.8 Å². The number of fused-ring (bicyclic) bond motifs is 1. The molecule has 6 rings (SSSR count). The molecular weight excluding hydrogens is 526 g/mol. The summed E-state index contributed by atoms with van der Waals surface area (Å²) in [6, 6.07) is 42.1. The molecule has 0 saturated heterocycles. The van der Waals surface area contributed by atoms with E-state index in [0.717, 1.165) is 22.3 Å². The minimum Gasteiger partial charge on any atom is -0.488 e. The van der Waals surface area contributed by atoms with Crippen LogP contribution in [0.2, 0.25) is 0 Å². The fraction of sp³-hybridized carbons (Fsp3) is 0.114. The Morgan fingerprint density at radius 3 is 1.83 bits per heavy atom. The third-order valence-electron chi connectivity index (χ3n) is 7.41. The summed E-state index contributed by atoms with van der Waals surface area (Å²) >= 11 is 0. The molecule has 0 unspecified atom stereocenters. The van der Waals surface area contributed by atoms with Crippen molar-refractivity contribution in [2.75, 3.05) is 4.90 Å². The number of nitrogens with zero attached hydrogens (tertiary/aromatic N) is 3. The Kier molecular flexibility index (Phi) is 7.64. The highest BCUT2D eigenvalue weighted by Gasteiger charge is 2.40. The van der Waals surface area contributed by atoms with Gasteiger partial charge in [-0.3, -0.25) is 14.9 Å². The zero-order valence-electron chi connectivity index (χ0n) is 22.9. The summed E-state index contributed by atoms with van der Waals surface area (Å²) in [5, 5.41) is 11.7. The monoisotopic (exact) mass is 555 g/mol. The van der Waals surface area contributed by atoms with E-state index in [1.165, 1.54) is 12.1 Å². The molecule has 0 N–H and O–H groups in total. The van der Waals surface area contributed by atoms with E-state index in [1.807, 2.05) is 115 Å². The van der Waals surface area contributed by atoms with E-state index in [0.29, 0.717) is 36.7 Å². The lowest BCUT2D eigenvalue weighted by atomic mass is 9.98. The van der Waals surface area contributed by atoms with Crippen LogP contribution in [0.3, 0.4) is 0 Å². The van der Waals surface area contributed by atoms with Gasteiger partial charge in [-0.1, -0.05) is 109 Å². The van der Waals surface area contributed by atoms with Crippen molar-refractivity contribution >= 4 is 17.3 Å². The predicted molar refractivity (Wildman–Crippen MR) is 162 cm³/mol. The molecule has 1 aliphatic rings. The van der Waals surface area contributed by atoms with Gasteiger partial charge in [-0.25, -0.2) is 0 Å². The lowest BCUT2D eigenvalue weighted by Gasteiger charge is -2.46. The Hall–Kier alpha value is -5.43. The first-order chi connectivity index (χ1) is 20.6.